The normalized spacial score (nSPS) is 23.8. The predicted molar refractivity (Wildman–Crippen MR) is 55.7 cm³/mol. The standard InChI is InChI=1S/C11H23NO/c1-9(2)12-8-11(3,13)10-6-4-5-7-10/h9-10,12-13H,4-8H2,1-3H3. The van der Waals surface area contributed by atoms with Crippen LogP contribution >= 0.6 is 0 Å². The Bertz CT molecular complexity index is 148. The number of hydrogen-bond acceptors (Lipinski definition) is 2. The van der Waals surface area contributed by atoms with Crippen LogP contribution in [0.4, 0.5) is 0 Å². The van der Waals surface area contributed by atoms with Crippen LogP contribution in [-0.4, -0.2) is 23.3 Å². The van der Waals surface area contributed by atoms with Crippen molar-refractivity contribution in [2.24, 2.45) is 5.92 Å². The van der Waals surface area contributed by atoms with E-state index in [4.69, 9.17) is 0 Å². The zero-order valence-electron chi connectivity index (χ0n) is 9.14. The molecule has 0 amide bonds. The summed E-state index contributed by atoms with van der Waals surface area (Å²) in [6.45, 7) is 6.93. The molecule has 1 saturated carbocycles. The molecule has 1 aliphatic rings. The van der Waals surface area contributed by atoms with Gasteiger partial charge < -0.3 is 10.4 Å². The van der Waals surface area contributed by atoms with E-state index in [9.17, 15) is 5.11 Å². The quantitative estimate of drug-likeness (QED) is 0.701. The highest BCUT2D eigenvalue weighted by atomic mass is 16.3. The number of nitrogens with one attached hydrogen (secondary N) is 1. The van der Waals surface area contributed by atoms with E-state index in [-0.39, 0.29) is 0 Å². The van der Waals surface area contributed by atoms with Gasteiger partial charge >= 0.3 is 0 Å². The largest absolute Gasteiger partial charge is 0.389 e. The van der Waals surface area contributed by atoms with Gasteiger partial charge in [-0.25, -0.2) is 0 Å². The van der Waals surface area contributed by atoms with Crippen molar-refractivity contribution in [3.8, 4) is 0 Å². The minimum atomic E-state index is -0.499. The average Bonchev–Trinajstić information content (AvgIpc) is 2.53. The lowest BCUT2D eigenvalue weighted by Gasteiger charge is -2.31. The molecule has 1 rings (SSSR count). The smallest absolute Gasteiger partial charge is 0.0771 e. The van der Waals surface area contributed by atoms with Crippen molar-refractivity contribution in [3.63, 3.8) is 0 Å². The van der Waals surface area contributed by atoms with E-state index >= 15 is 0 Å². The van der Waals surface area contributed by atoms with Crippen molar-refractivity contribution < 1.29 is 5.11 Å². The Morgan fingerprint density at radius 2 is 1.92 bits per heavy atom. The molecule has 0 aromatic heterocycles. The molecule has 0 aromatic rings. The number of hydrogen-bond donors (Lipinski definition) is 2. The lowest BCUT2D eigenvalue weighted by molar-refractivity contribution is 0.000940. The molecule has 1 unspecified atom stereocenters. The van der Waals surface area contributed by atoms with Crippen LogP contribution in [0.25, 0.3) is 0 Å². The van der Waals surface area contributed by atoms with Gasteiger partial charge in [0.05, 0.1) is 5.60 Å². The number of aliphatic hydroxyl groups is 1. The van der Waals surface area contributed by atoms with Gasteiger partial charge in [0.2, 0.25) is 0 Å². The van der Waals surface area contributed by atoms with E-state index in [0.717, 1.165) is 6.54 Å². The maximum Gasteiger partial charge on any atom is 0.0771 e. The van der Waals surface area contributed by atoms with E-state index in [1.807, 2.05) is 6.92 Å². The van der Waals surface area contributed by atoms with Gasteiger partial charge in [0, 0.05) is 12.6 Å². The molecule has 2 heteroatoms. The van der Waals surface area contributed by atoms with Gasteiger partial charge in [0.1, 0.15) is 0 Å². The fraction of sp³-hybridized carbons (Fsp3) is 1.00. The molecule has 78 valence electrons. The van der Waals surface area contributed by atoms with Crippen LogP contribution < -0.4 is 5.32 Å². The molecule has 0 aromatic carbocycles. The summed E-state index contributed by atoms with van der Waals surface area (Å²) in [5.74, 6) is 0.513. The Labute approximate surface area is 81.7 Å². The number of rotatable bonds is 4. The second-order valence-corrected chi connectivity index (χ2v) is 4.87. The molecule has 1 aliphatic carbocycles. The average molecular weight is 185 g/mol. The lowest BCUT2D eigenvalue weighted by Crippen LogP contribution is -2.45. The molecule has 1 fully saturated rings. The highest BCUT2D eigenvalue weighted by molar-refractivity contribution is 4.87. The molecule has 0 spiro atoms. The highest BCUT2D eigenvalue weighted by Crippen LogP contribution is 2.33. The molecular formula is C11H23NO. The molecular weight excluding hydrogens is 162 g/mol. The summed E-state index contributed by atoms with van der Waals surface area (Å²) in [6.07, 6.45) is 4.99. The van der Waals surface area contributed by atoms with Crippen molar-refractivity contribution in [2.75, 3.05) is 6.54 Å². The monoisotopic (exact) mass is 185 g/mol. The van der Waals surface area contributed by atoms with Gasteiger partial charge in [-0.1, -0.05) is 26.7 Å². The Kier molecular flexibility index (Phi) is 3.74. The first-order valence-corrected chi connectivity index (χ1v) is 5.48. The van der Waals surface area contributed by atoms with Crippen molar-refractivity contribution in [2.45, 2.75) is 58.1 Å². The van der Waals surface area contributed by atoms with E-state index in [1.54, 1.807) is 0 Å². The van der Waals surface area contributed by atoms with Crippen LogP contribution in [0.3, 0.4) is 0 Å². The van der Waals surface area contributed by atoms with Crippen LogP contribution in [0, 0.1) is 5.92 Å². The summed E-state index contributed by atoms with van der Waals surface area (Å²) in [4.78, 5) is 0. The SMILES string of the molecule is CC(C)NCC(C)(O)C1CCCC1. The summed E-state index contributed by atoms with van der Waals surface area (Å²) < 4.78 is 0. The first-order valence-electron chi connectivity index (χ1n) is 5.48. The Balaban J connectivity index is 2.35. The van der Waals surface area contributed by atoms with Gasteiger partial charge in [-0.15, -0.1) is 0 Å². The molecule has 0 bridgehead atoms. The minimum absolute atomic E-state index is 0.466. The molecule has 1 atom stereocenters. The third kappa shape index (κ3) is 3.28. The van der Waals surface area contributed by atoms with Gasteiger partial charge in [-0.05, 0) is 25.7 Å². The maximum atomic E-state index is 10.2. The van der Waals surface area contributed by atoms with Crippen LogP contribution in [0.15, 0.2) is 0 Å². The summed E-state index contributed by atoms with van der Waals surface area (Å²) in [7, 11) is 0. The molecule has 0 heterocycles. The van der Waals surface area contributed by atoms with Gasteiger partial charge in [-0.2, -0.15) is 0 Å². The molecule has 13 heavy (non-hydrogen) atoms. The molecule has 2 N–H and O–H groups in total. The van der Waals surface area contributed by atoms with E-state index in [0.29, 0.717) is 12.0 Å². The highest BCUT2D eigenvalue weighted by Gasteiger charge is 2.33. The second-order valence-electron chi connectivity index (χ2n) is 4.87. The summed E-state index contributed by atoms with van der Waals surface area (Å²) in [5.41, 5.74) is -0.499. The fourth-order valence-electron chi connectivity index (χ4n) is 2.10. The van der Waals surface area contributed by atoms with Crippen molar-refractivity contribution in [3.05, 3.63) is 0 Å². The maximum absolute atomic E-state index is 10.2. The fourth-order valence-corrected chi connectivity index (χ4v) is 2.10. The van der Waals surface area contributed by atoms with Crippen molar-refractivity contribution in [1.82, 2.24) is 5.32 Å². The Hall–Kier alpha value is -0.0800. The second kappa shape index (κ2) is 4.43. The zero-order chi connectivity index (χ0) is 9.90. The first-order chi connectivity index (χ1) is 6.02. The topological polar surface area (TPSA) is 32.3 Å². The van der Waals surface area contributed by atoms with Crippen molar-refractivity contribution in [1.29, 1.82) is 0 Å². The van der Waals surface area contributed by atoms with Gasteiger partial charge in [0.15, 0.2) is 0 Å². The third-order valence-electron chi connectivity index (χ3n) is 3.10. The summed E-state index contributed by atoms with van der Waals surface area (Å²) in [6, 6.07) is 0.466. The molecule has 2 nitrogen and oxygen atoms in total. The van der Waals surface area contributed by atoms with Crippen LogP contribution in [-0.2, 0) is 0 Å². The van der Waals surface area contributed by atoms with E-state index in [1.165, 1.54) is 25.7 Å². The van der Waals surface area contributed by atoms with E-state index < -0.39 is 5.60 Å². The Morgan fingerprint density at radius 3 is 2.38 bits per heavy atom. The predicted octanol–water partition coefficient (Wildman–Crippen LogP) is 1.93. The van der Waals surface area contributed by atoms with Crippen LogP contribution in [0.2, 0.25) is 0 Å². The molecule has 0 aliphatic heterocycles. The third-order valence-corrected chi connectivity index (χ3v) is 3.10. The molecule has 0 saturated heterocycles. The summed E-state index contributed by atoms with van der Waals surface area (Å²) in [5, 5.41) is 13.5. The molecule has 0 radical (unpaired) electrons. The Morgan fingerprint density at radius 1 is 1.38 bits per heavy atom. The summed E-state index contributed by atoms with van der Waals surface area (Å²) >= 11 is 0. The lowest BCUT2D eigenvalue weighted by atomic mass is 9.87. The van der Waals surface area contributed by atoms with Crippen LogP contribution in [0.5, 0.6) is 0 Å². The zero-order valence-corrected chi connectivity index (χ0v) is 9.14. The van der Waals surface area contributed by atoms with Gasteiger partial charge in [0.25, 0.3) is 0 Å². The van der Waals surface area contributed by atoms with Crippen molar-refractivity contribution >= 4 is 0 Å². The van der Waals surface area contributed by atoms with Crippen LogP contribution in [0.1, 0.15) is 46.5 Å². The minimum Gasteiger partial charge on any atom is -0.389 e. The van der Waals surface area contributed by atoms with Gasteiger partial charge in [-0.3, -0.25) is 0 Å². The van der Waals surface area contributed by atoms with E-state index in [2.05, 4.69) is 19.2 Å². The first kappa shape index (κ1) is 11.0.